The minimum absolute atomic E-state index is 0.00685. The fraction of sp³-hybridized carbons (Fsp3) is 0.250. The Morgan fingerprint density at radius 2 is 0.944 bits per heavy atom. The van der Waals surface area contributed by atoms with Crippen molar-refractivity contribution in [3.8, 4) is 11.5 Å². The molecule has 18 heavy (non-hydrogen) atoms. The van der Waals surface area contributed by atoms with Crippen LogP contribution in [0.5, 0.6) is 11.5 Å². The maximum absolute atomic E-state index is 5.82. The first-order valence-electron chi connectivity index (χ1n) is 6.19. The highest BCUT2D eigenvalue weighted by atomic mass is 16.5. The smallest absolute Gasteiger partial charge is 0.132 e. The second kappa shape index (κ2) is 6.10. The SMILES string of the molecule is CC(Oc1ccccc1)C(C)Oc1ccccc1. The molecule has 0 amide bonds. The lowest BCUT2D eigenvalue weighted by Gasteiger charge is -2.22. The second-order valence-corrected chi connectivity index (χ2v) is 4.27. The molecule has 0 saturated carbocycles. The van der Waals surface area contributed by atoms with E-state index in [1.165, 1.54) is 0 Å². The van der Waals surface area contributed by atoms with Gasteiger partial charge in [-0.2, -0.15) is 0 Å². The molecule has 0 aliphatic carbocycles. The summed E-state index contributed by atoms with van der Waals surface area (Å²) >= 11 is 0. The largest absolute Gasteiger partial charge is 0.487 e. The van der Waals surface area contributed by atoms with E-state index in [0.29, 0.717) is 0 Å². The molecule has 0 N–H and O–H groups in total. The summed E-state index contributed by atoms with van der Waals surface area (Å²) in [6, 6.07) is 19.6. The third-order valence-electron chi connectivity index (χ3n) is 2.79. The van der Waals surface area contributed by atoms with Gasteiger partial charge in [0.15, 0.2) is 0 Å². The predicted octanol–water partition coefficient (Wildman–Crippen LogP) is 3.92. The van der Waals surface area contributed by atoms with Gasteiger partial charge in [-0.25, -0.2) is 0 Å². The van der Waals surface area contributed by atoms with Crippen molar-refractivity contribution in [2.75, 3.05) is 0 Å². The lowest BCUT2D eigenvalue weighted by Crippen LogP contribution is -2.31. The third-order valence-corrected chi connectivity index (χ3v) is 2.79. The van der Waals surface area contributed by atoms with Crippen LogP contribution in [-0.4, -0.2) is 12.2 Å². The third kappa shape index (κ3) is 3.52. The van der Waals surface area contributed by atoms with Crippen LogP contribution in [0.2, 0.25) is 0 Å². The fourth-order valence-electron chi connectivity index (χ4n) is 1.62. The molecule has 0 spiro atoms. The van der Waals surface area contributed by atoms with Crippen LogP contribution in [0.3, 0.4) is 0 Å². The van der Waals surface area contributed by atoms with Gasteiger partial charge in [0.05, 0.1) is 0 Å². The van der Waals surface area contributed by atoms with Crippen LogP contribution in [0.15, 0.2) is 60.7 Å². The van der Waals surface area contributed by atoms with Crippen LogP contribution >= 0.6 is 0 Å². The summed E-state index contributed by atoms with van der Waals surface area (Å²) < 4.78 is 11.6. The summed E-state index contributed by atoms with van der Waals surface area (Å²) in [6.07, 6.45) is -0.0137. The Balaban J connectivity index is 1.91. The van der Waals surface area contributed by atoms with Gasteiger partial charge < -0.3 is 9.47 Å². The van der Waals surface area contributed by atoms with Crippen molar-refractivity contribution < 1.29 is 9.47 Å². The number of hydrogen-bond donors (Lipinski definition) is 0. The molecule has 0 bridgehead atoms. The van der Waals surface area contributed by atoms with Crippen LogP contribution in [0.4, 0.5) is 0 Å². The van der Waals surface area contributed by atoms with Gasteiger partial charge in [-0.15, -0.1) is 0 Å². The Labute approximate surface area is 108 Å². The molecule has 0 fully saturated rings. The number of benzene rings is 2. The quantitative estimate of drug-likeness (QED) is 0.791. The molecule has 0 radical (unpaired) electrons. The summed E-state index contributed by atoms with van der Waals surface area (Å²) in [7, 11) is 0. The van der Waals surface area contributed by atoms with Crippen molar-refractivity contribution in [1.29, 1.82) is 0 Å². The predicted molar refractivity (Wildman–Crippen MR) is 73.1 cm³/mol. The first kappa shape index (κ1) is 12.5. The number of ether oxygens (including phenoxy) is 2. The zero-order chi connectivity index (χ0) is 12.8. The molecule has 94 valence electrons. The normalized spacial score (nSPS) is 13.7. The maximum Gasteiger partial charge on any atom is 0.132 e. The van der Waals surface area contributed by atoms with Crippen LogP contribution in [-0.2, 0) is 0 Å². The fourth-order valence-corrected chi connectivity index (χ4v) is 1.62. The van der Waals surface area contributed by atoms with Gasteiger partial charge in [0, 0.05) is 0 Å². The Kier molecular flexibility index (Phi) is 4.24. The van der Waals surface area contributed by atoms with Crippen molar-refractivity contribution >= 4 is 0 Å². The summed E-state index contributed by atoms with van der Waals surface area (Å²) in [4.78, 5) is 0. The summed E-state index contributed by atoms with van der Waals surface area (Å²) in [5, 5.41) is 0. The monoisotopic (exact) mass is 242 g/mol. The van der Waals surface area contributed by atoms with Crippen LogP contribution < -0.4 is 9.47 Å². The highest BCUT2D eigenvalue weighted by molar-refractivity contribution is 5.22. The van der Waals surface area contributed by atoms with E-state index in [1.54, 1.807) is 0 Å². The molecule has 0 saturated heterocycles. The summed E-state index contributed by atoms with van der Waals surface area (Å²) in [5.41, 5.74) is 0. The molecule has 2 heteroatoms. The highest BCUT2D eigenvalue weighted by Gasteiger charge is 2.15. The van der Waals surface area contributed by atoms with E-state index < -0.39 is 0 Å². The van der Waals surface area contributed by atoms with Gasteiger partial charge in [-0.05, 0) is 38.1 Å². The molecule has 0 aliphatic heterocycles. The Hall–Kier alpha value is -1.96. The second-order valence-electron chi connectivity index (χ2n) is 4.27. The molecule has 2 aromatic carbocycles. The average molecular weight is 242 g/mol. The van der Waals surface area contributed by atoms with Gasteiger partial charge in [0.1, 0.15) is 23.7 Å². The number of hydrogen-bond acceptors (Lipinski definition) is 2. The van der Waals surface area contributed by atoms with Gasteiger partial charge >= 0.3 is 0 Å². The van der Waals surface area contributed by atoms with Crippen molar-refractivity contribution in [3.05, 3.63) is 60.7 Å². The molecule has 2 rings (SSSR count). The molecule has 0 aromatic heterocycles. The minimum atomic E-state index is -0.00685. The topological polar surface area (TPSA) is 18.5 Å². The molecule has 2 aromatic rings. The van der Waals surface area contributed by atoms with Gasteiger partial charge in [0.2, 0.25) is 0 Å². The Bertz CT molecular complexity index is 408. The van der Waals surface area contributed by atoms with E-state index in [9.17, 15) is 0 Å². The van der Waals surface area contributed by atoms with Gasteiger partial charge in [-0.1, -0.05) is 36.4 Å². The van der Waals surface area contributed by atoms with E-state index in [2.05, 4.69) is 0 Å². The van der Waals surface area contributed by atoms with Crippen molar-refractivity contribution in [3.63, 3.8) is 0 Å². The van der Waals surface area contributed by atoms with Crippen LogP contribution in [0.1, 0.15) is 13.8 Å². The molecule has 2 atom stereocenters. The van der Waals surface area contributed by atoms with Gasteiger partial charge in [-0.3, -0.25) is 0 Å². The standard InChI is InChI=1S/C16H18O2/c1-13(17-15-9-5-3-6-10-15)14(2)18-16-11-7-4-8-12-16/h3-14H,1-2H3. The van der Waals surface area contributed by atoms with Gasteiger partial charge in [0.25, 0.3) is 0 Å². The zero-order valence-electron chi connectivity index (χ0n) is 10.7. The first-order valence-corrected chi connectivity index (χ1v) is 6.19. The van der Waals surface area contributed by atoms with E-state index in [0.717, 1.165) is 11.5 Å². The summed E-state index contributed by atoms with van der Waals surface area (Å²) in [5.74, 6) is 1.74. The average Bonchev–Trinajstić information content (AvgIpc) is 2.41. The number of rotatable bonds is 5. The highest BCUT2D eigenvalue weighted by Crippen LogP contribution is 2.16. The lowest BCUT2D eigenvalue weighted by molar-refractivity contribution is 0.0779. The minimum Gasteiger partial charge on any atom is -0.487 e. The van der Waals surface area contributed by atoms with E-state index in [1.807, 2.05) is 74.5 Å². The van der Waals surface area contributed by atoms with Crippen molar-refractivity contribution in [2.45, 2.75) is 26.1 Å². The molecule has 2 unspecified atom stereocenters. The van der Waals surface area contributed by atoms with E-state index >= 15 is 0 Å². The molecule has 0 aliphatic rings. The van der Waals surface area contributed by atoms with Crippen LogP contribution in [0.25, 0.3) is 0 Å². The van der Waals surface area contributed by atoms with E-state index in [-0.39, 0.29) is 12.2 Å². The van der Waals surface area contributed by atoms with Crippen molar-refractivity contribution in [2.24, 2.45) is 0 Å². The zero-order valence-corrected chi connectivity index (χ0v) is 10.7. The Morgan fingerprint density at radius 3 is 1.28 bits per heavy atom. The molecule has 2 nitrogen and oxygen atoms in total. The van der Waals surface area contributed by atoms with E-state index in [4.69, 9.17) is 9.47 Å². The molecule has 0 heterocycles. The summed E-state index contributed by atoms with van der Waals surface area (Å²) in [6.45, 7) is 4.03. The molecular formula is C16H18O2. The van der Waals surface area contributed by atoms with Crippen LogP contribution in [0, 0.1) is 0 Å². The molecular weight excluding hydrogens is 224 g/mol. The first-order chi connectivity index (χ1) is 8.75. The lowest BCUT2D eigenvalue weighted by atomic mass is 10.2. The maximum atomic E-state index is 5.82. The Morgan fingerprint density at radius 1 is 0.611 bits per heavy atom. The number of para-hydroxylation sites is 2. The van der Waals surface area contributed by atoms with Crippen molar-refractivity contribution in [1.82, 2.24) is 0 Å².